The van der Waals surface area contributed by atoms with E-state index in [4.69, 9.17) is 34.4 Å². The molecule has 2 aliphatic rings. The number of hydrogen-bond acceptors (Lipinski definition) is 8. The summed E-state index contributed by atoms with van der Waals surface area (Å²) in [5.74, 6) is -7.05. The van der Waals surface area contributed by atoms with Crippen LogP contribution >= 0.6 is 0 Å². The Bertz CT molecular complexity index is 1060. The van der Waals surface area contributed by atoms with Crippen molar-refractivity contribution < 1.29 is 78.7 Å². The minimum absolute atomic E-state index is 0.123. The lowest BCUT2D eigenvalue weighted by Crippen LogP contribution is -2.59. The normalized spacial score (nSPS) is 16.9. The summed E-state index contributed by atoms with van der Waals surface area (Å²) in [6, 6.07) is 0. The highest BCUT2D eigenvalue weighted by Crippen LogP contribution is 2.31. The molecule has 2 saturated heterocycles. The number of likely N-dealkylation sites (tertiary alicyclic amines) is 1. The van der Waals surface area contributed by atoms with Crippen molar-refractivity contribution in [3.8, 4) is 0 Å². The Hall–Kier alpha value is -3.66. The Morgan fingerprint density at radius 1 is 0.911 bits per heavy atom. The Balaban J connectivity index is 0.000000753. The van der Waals surface area contributed by atoms with Crippen LogP contribution in [0.1, 0.15) is 18.7 Å². The molecule has 260 valence electrons. The van der Waals surface area contributed by atoms with E-state index in [2.05, 4.69) is 19.4 Å². The van der Waals surface area contributed by atoms with E-state index in [1.165, 1.54) is 0 Å². The van der Waals surface area contributed by atoms with Gasteiger partial charge in [0.2, 0.25) is 5.91 Å². The van der Waals surface area contributed by atoms with Gasteiger partial charge < -0.3 is 34.4 Å². The SMILES string of the molecule is CN(C)CCN1CC2(CCN(Cc3nccn3C)CC2)OCC1=O.O=C(O)C(F)(F)F.O=C(O)C(F)(F)F.O=C(O)C(F)(F)F. The number of halogens is 9. The van der Waals surface area contributed by atoms with Gasteiger partial charge in [-0.3, -0.25) is 9.69 Å². The van der Waals surface area contributed by atoms with Crippen LogP contribution in [0.5, 0.6) is 0 Å². The Labute approximate surface area is 249 Å². The maximum atomic E-state index is 12.1. The first-order chi connectivity index (χ1) is 20.3. The molecule has 3 rings (SSSR count). The number of ether oxygens (including phenoxy) is 1. The first-order valence-corrected chi connectivity index (χ1v) is 12.5. The van der Waals surface area contributed by atoms with Gasteiger partial charge in [-0.25, -0.2) is 19.4 Å². The lowest BCUT2D eigenvalue weighted by atomic mass is 9.89. The predicted molar refractivity (Wildman–Crippen MR) is 133 cm³/mol. The first-order valence-electron chi connectivity index (χ1n) is 12.5. The van der Waals surface area contributed by atoms with Gasteiger partial charge in [-0.2, -0.15) is 39.5 Å². The number of hydrogen-bond donors (Lipinski definition) is 3. The number of imidazole rings is 1. The molecular weight excluding hydrogens is 645 g/mol. The second-order valence-electron chi connectivity index (χ2n) is 9.73. The molecule has 0 saturated carbocycles. The van der Waals surface area contributed by atoms with Crippen LogP contribution in [0.25, 0.3) is 0 Å². The number of aromatic nitrogens is 2. The average Bonchev–Trinajstić information content (AvgIpc) is 3.29. The van der Waals surface area contributed by atoms with Crippen LogP contribution in [0, 0.1) is 0 Å². The summed E-state index contributed by atoms with van der Waals surface area (Å²) in [6.07, 6.45) is -9.47. The molecule has 22 heteroatoms. The van der Waals surface area contributed by atoms with Crippen LogP contribution in [0.15, 0.2) is 12.4 Å². The van der Waals surface area contributed by atoms with Crippen LogP contribution < -0.4 is 0 Å². The van der Waals surface area contributed by atoms with Gasteiger partial charge in [0.15, 0.2) is 0 Å². The van der Waals surface area contributed by atoms with Gasteiger partial charge in [-0.15, -0.1) is 0 Å². The van der Waals surface area contributed by atoms with Crippen molar-refractivity contribution in [1.29, 1.82) is 0 Å². The van der Waals surface area contributed by atoms with Crippen molar-refractivity contribution in [1.82, 2.24) is 24.3 Å². The number of likely N-dealkylation sites (N-methyl/N-ethyl adjacent to an activating group) is 1. The number of morpholine rings is 1. The van der Waals surface area contributed by atoms with Crippen molar-refractivity contribution in [3.63, 3.8) is 0 Å². The third-order valence-corrected chi connectivity index (χ3v) is 5.93. The Morgan fingerprint density at radius 2 is 1.33 bits per heavy atom. The largest absolute Gasteiger partial charge is 0.490 e. The lowest BCUT2D eigenvalue weighted by Gasteiger charge is -2.47. The number of amides is 1. The fraction of sp³-hybridized carbons (Fsp3) is 0.696. The Kier molecular flexibility index (Phi) is 15.8. The molecule has 2 fully saturated rings. The summed E-state index contributed by atoms with van der Waals surface area (Å²) in [5.41, 5.74) is -0.154. The van der Waals surface area contributed by atoms with Gasteiger partial charge in [-0.05, 0) is 26.9 Å². The minimum Gasteiger partial charge on any atom is -0.475 e. The summed E-state index contributed by atoms with van der Waals surface area (Å²) >= 11 is 0. The molecule has 1 aromatic heterocycles. The average molecular weight is 678 g/mol. The quantitative estimate of drug-likeness (QED) is 0.391. The van der Waals surface area contributed by atoms with Crippen LogP contribution in [0.3, 0.4) is 0 Å². The monoisotopic (exact) mass is 677 g/mol. The van der Waals surface area contributed by atoms with Crippen molar-refractivity contribution in [3.05, 3.63) is 18.2 Å². The van der Waals surface area contributed by atoms with Crippen LogP contribution in [-0.2, 0) is 37.5 Å². The molecule has 2 aliphatic heterocycles. The number of aliphatic carboxylic acids is 3. The molecule has 0 aliphatic carbocycles. The van der Waals surface area contributed by atoms with E-state index in [9.17, 15) is 44.3 Å². The summed E-state index contributed by atoms with van der Waals surface area (Å²) in [6.45, 7) is 5.50. The van der Waals surface area contributed by atoms with E-state index in [1.807, 2.05) is 38.4 Å². The molecule has 0 radical (unpaired) electrons. The summed E-state index contributed by atoms with van der Waals surface area (Å²) in [5, 5.41) is 21.4. The van der Waals surface area contributed by atoms with Crippen molar-refractivity contribution in [2.45, 2.75) is 43.5 Å². The molecule has 1 spiro atoms. The summed E-state index contributed by atoms with van der Waals surface area (Å²) in [7, 11) is 6.11. The molecule has 45 heavy (non-hydrogen) atoms. The number of carbonyl (C=O) groups is 4. The van der Waals surface area contributed by atoms with Crippen LogP contribution in [-0.4, -0.2) is 141 Å². The highest BCUT2D eigenvalue weighted by atomic mass is 19.4. The van der Waals surface area contributed by atoms with Gasteiger partial charge in [0.05, 0.1) is 12.1 Å². The van der Waals surface area contributed by atoms with E-state index in [0.29, 0.717) is 0 Å². The fourth-order valence-electron chi connectivity index (χ4n) is 3.48. The van der Waals surface area contributed by atoms with E-state index in [1.54, 1.807) is 0 Å². The smallest absolute Gasteiger partial charge is 0.475 e. The van der Waals surface area contributed by atoms with Crippen molar-refractivity contribution in [2.75, 3.05) is 53.4 Å². The number of alkyl halides is 9. The Morgan fingerprint density at radius 3 is 1.67 bits per heavy atom. The van der Waals surface area contributed by atoms with Crippen molar-refractivity contribution >= 4 is 23.8 Å². The molecular formula is C23H32F9N5O8. The summed E-state index contributed by atoms with van der Waals surface area (Å²) < 4.78 is 103. The molecule has 0 aromatic carbocycles. The number of piperidine rings is 1. The molecule has 1 amide bonds. The van der Waals surface area contributed by atoms with E-state index >= 15 is 0 Å². The highest BCUT2D eigenvalue weighted by molar-refractivity contribution is 5.78. The van der Waals surface area contributed by atoms with E-state index < -0.39 is 36.4 Å². The second kappa shape index (κ2) is 17.1. The molecule has 1 aromatic rings. The zero-order chi connectivity index (χ0) is 35.4. The maximum Gasteiger partial charge on any atom is 0.490 e. The topological polar surface area (TPSA) is 166 Å². The second-order valence-corrected chi connectivity index (χ2v) is 9.73. The predicted octanol–water partition coefficient (Wildman–Crippen LogP) is 2.08. The number of rotatable bonds is 5. The van der Waals surface area contributed by atoms with Gasteiger partial charge in [-0.1, -0.05) is 0 Å². The minimum atomic E-state index is -5.08. The zero-order valence-electron chi connectivity index (χ0n) is 24.0. The van der Waals surface area contributed by atoms with Crippen molar-refractivity contribution in [2.24, 2.45) is 7.05 Å². The summed E-state index contributed by atoms with van der Waals surface area (Å²) in [4.78, 5) is 49.7. The zero-order valence-corrected chi connectivity index (χ0v) is 24.0. The van der Waals surface area contributed by atoms with Gasteiger partial charge in [0.25, 0.3) is 0 Å². The molecule has 3 heterocycles. The molecule has 3 N–H and O–H groups in total. The molecule has 0 atom stereocenters. The number of carboxylic acids is 3. The molecule has 0 bridgehead atoms. The van der Waals surface area contributed by atoms with E-state index in [0.717, 1.165) is 57.9 Å². The number of carbonyl (C=O) groups excluding carboxylic acids is 1. The van der Waals surface area contributed by atoms with E-state index in [-0.39, 0.29) is 18.1 Å². The van der Waals surface area contributed by atoms with Crippen LogP contribution in [0.4, 0.5) is 39.5 Å². The lowest BCUT2D eigenvalue weighted by molar-refractivity contribution is -0.193. The molecule has 0 unspecified atom stereocenters. The number of aryl methyl sites for hydroxylation is 1. The van der Waals surface area contributed by atoms with Crippen LogP contribution in [0.2, 0.25) is 0 Å². The number of nitrogens with zero attached hydrogens (tertiary/aromatic N) is 5. The number of carboxylic acid groups (broad SMARTS) is 3. The maximum absolute atomic E-state index is 12.1. The standard InChI is InChI=1S/C17H29N5O2.3C2HF3O2/c1-19(2)10-11-22-14-17(24-13-16(22)23)4-7-21(8-5-17)12-15-18-6-9-20(15)3;3*3-2(4,5)1(6)7/h6,9H,4-5,7-8,10-14H2,1-3H3;3*(H,6,7). The van der Waals surface area contributed by atoms with Gasteiger partial charge >= 0.3 is 36.4 Å². The first kappa shape index (κ1) is 41.3. The highest BCUT2D eigenvalue weighted by Gasteiger charge is 2.42. The third-order valence-electron chi connectivity index (χ3n) is 5.93. The van der Waals surface area contributed by atoms with Gasteiger partial charge in [0.1, 0.15) is 12.4 Å². The third kappa shape index (κ3) is 16.3. The fourth-order valence-corrected chi connectivity index (χ4v) is 3.48. The van der Waals surface area contributed by atoms with Gasteiger partial charge in [0, 0.05) is 52.2 Å². The molecule has 13 nitrogen and oxygen atoms in total.